The largest absolute Gasteiger partial charge is 0.377 e. The zero-order chi connectivity index (χ0) is 14.0. The molecule has 2 rings (SSSR count). The Balaban J connectivity index is 2.49. The van der Waals surface area contributed by atoms with E-state index < -0.39 is 0 Å². The van der Waals surface area contributed by atoms with E-state index in [-0.39, 0.29) is 5.41 Å². The van der Waals surface area contributed by atoms with Crippen molar-refractivity contribution in [3.63, 3.8) is 0 Å². The van der Waals surface area contributed by atoms with Gasteiger partial charge in [-0.25, -0.2) is 0 Å². The molecule has 106 valence electrons. The second kappa shape index (κ2) is 5.54. The highest BCUT2D eigenvalue weighted by Crippen LogP contribution is 2.40. The number of rotatable bonds is 3. The van der Waals surface area contributed by atoms with Gasteiger partial charge >= 0.3 is 0 Å². The Morgan fingerprint density at radius 3 is 2.26 bits per heavy atom. The van der Waals surface area contributed by atoms with Crippen LogP contribution >= 0.6 is 0 Å². The SMILES string of the molecule is Cc1cc(C2(CN)CCCCC2)cc(N(C)C)c1C. The molecule has 0 unspecified atom stereocenters. The van der Waals surface area contributed by atoms with Gasteiger partial charge in [0, 0.05) is 31.7 Å². The van der Waals surface area contributed by atoms with Gasteiger partial charge in [0.25, 0.3) is 0 Å². The maximum absolute atomic E-state index is 6.17. The summed E-state index contributed by atoms with van der Waals surface area (Å²) < 4.78 is 0. The molecular formula is C17H28N2. The van der Waals surface area contributed by atoms with Crippen LogP contribution in [0.25, 0.3) is 0 Å². The molecule has 0 saturated heterocycles. The van der Waals surface area contributed by atoms with Gasteiger partial charge in [-0.1, -0.05) is 25.3 Å². The van der Waals surface area contributed by atoms with E-state index in [9.17, 15) is 0 Å². The Hall–Kier alpha value is -1.02. The molecule has 1 aliphatic carbocycles. The minimum absolute atomic E-state index is 0.224. The first-order chi connectivity index (χ1) is 9.00. The van der Waals surface area contributed by atoms with Crippen LogP contribution in [0.3, 0.4) is 0 Å². The molecular weight excluding hydrogens is 232 g/mol. The average Bonchev–Trinajstić information content (AvgIpc) is 2.42. The minimum atomic E-state index is 0.224. The maximum Gasteiger partial charge on any atom is 0.0396 e. The third kappa shape index (κ3) is 2.64. The molecule has 0 heterocycles. The van der Waals surface area contributed by atoms with Crippen molar-refractivity contribution in [3.8, 4) is 0 Å². The fraction of sp³-hybridized carbons (Fsp3) is 0.647. The maximum atomic E-state index is 6.17. The van der Waals surface area contributed by atoms with Gasteiger partial charge in [-0.2, -0.15) is 0 Å². The Kier molecular flexibility index (Phi) is 4.19. The molecule has 0 spiro atoms. The highest BCUT2D eigenvalue weighted by Gasteiger charge is 2.33. The molecule has 0 radical (unpaired) electrons. The molecule has 0 amide bonds. The summed E-state index contributed by atoms with van der Waals surface area (Å²) in [5.74, 6) is 0. The number of nitrogens with zero attached hydrogens (tertiary/aromatic N) is 1. The summed E-state index contributed by atoms with van der Waals surface area (Å²) in [5, 5.41) is 0. The van der Waals surface area contributed by atoms with E-state index in [1.165, 1.54) is 54.5 Å². The van der Waals surface area contributed by atoms with E-state index in [4.69, 9.17) is 5.73 Å². The van der Waals surface area contributed by atoms with Crippen LogP contribution in [0.2, 0.25) is 0 Å². The summed E-state index contributed by atoms with van der Waals surface area (Å²) in [6.45, 7) is 5.21. The monoisotopic (exact) mass is 260 g/mol. The fourth-order valence-electron chi connectivity index (χ4n) is 3.45. The predicted molar refractivity (Wildman–Crippen MR) is 84.1 cm³/mol. The molecule has 0 bridgehead atoms. The summed E-state index contributed by atoms with van der Waals surface area (Å²) in [5.41, 5.74) is 12.0. The quantitative estimate of drug-likeness (QED) is 0.901. The summed E-state index contributed by atoms with van der Waals surface area (Å²) in [7, 11) is 4.25. The van der Waals surface area contributed by atoms with Crippen molar-refractivity contribution < 1.29 is 0 Å². The zero-order valence-corrected chi connectivity index (χ0v) is 12.9. The molecule has 1 aromatic carbocycles. The molecule has 2 N–H and O–H groups in total. The van der Waals surface area contributed by atoms with Crippen molar-refractivity contribution in [1.82, 2.24) is 0 Å². The molecule has 0 atom stereocenters. The Morgan fingerprint density at radius 1 is 1.11 bits per heavy atom. The second-order valence-electron chi connectivity index (χ2n) is 6.38. The molecule has 2 nitrogen and oxygen atoms in total. The third-order valence-electron chi connectivity index (χ3n) is 4.94. The zero-order valence-electron chi connectivity index (χ0n) is 12.9. The molecule has 1 aliphatic rings. The van der Waals surface area contributed by atoms with Gasteiger partial charge in [0.1, 0.15) is 0 Å². The lowest BCUT2D eigenvalue weighted by atomic mass is 9.69. The molecule has 19 heavy (non-hydrogen) atoms. The van der Waals surface area contributed by atoms with E-state index in [1.807, 2.05) is 0 Å². The van der Waals surface area contributed by atoms with Crippen molar-refractivity contribution in [3.05, 3.63) is 28.8 Å². The predicted octanol–water partition coefficient (Wildman–Crippen LogP) is 3.53. The summed E-state index contributed by atoms with van der Waals surface area (Å²) >= 11 is 0. The van der Waals surface area contributed by atoms with Gasteiger partial charge in [-0.05, 0) is 49.4 Å². The van der Waals surface area contributed by atoms with Crippen molar-refractivity contribution in [2.24, 2.45) is 5.73 Å². The number of nitrogens with two attached hydrogens (primary N) is 1. The number of benzene rings is 1. The number of hydrogen-bond donors (Lipinski definition) is 1. The van der Waals surface area contributed by atoms with Gasteiger partial charge < -0.3 is 10.6 Å². The van der Waals surface area contributed by atoms with Crippen LogP contribution in [0.4, 0.5) is 5.69 Å². The highest BCUT2D eigenvalue weighted by atomic mass is 15.1. The summed E-state index contributed by atoms with van der Waals surface area (Å²) in [4.78, 5) is 2.22. The Labute approximate surface area is 118 Å². The number of aryl methyl sites for hydroxylation is 1. The highest BCUT2D eigenvalue weighted by molar-refractivity contribution is 5.58. The van der Waals surface area contributed by atoms with Gasteiger partial charge in [0.2, 0.25) is 0 Å². The summed E-state index contributed by atoms with van der Waals surface area (Å²) in [6.07, 6.45) is 6.51. The average molecular weight is 260 g/mol. The first-order valence-electron chi connectivity index (χ1n) is 7.49. The topological polar surface area (TPSA) is 29.3 Å². The molecule has 0 aliphatic heterocycles. The van der Waals surface area contributed by atoms with E-state index in [2.05, 4.69) is 45.0 Å². The standard InChI is InChI=1S/C17H28N2/c1-13-10-15(11-16(14(13)2)19(3)4)17(12-18)8-6-5-7-9-17/h10-11H,5-9,12,18H2,1-4H3. The molecule has 2 heteroatoms. The lowest BCUT2D eigenvalue weighted by Gasteiger charge is -2.38. The van der Waals surface area contributed by atoms with Crippen LogP contribution in [-0.4, -0.2) is 20.6 Å². The van der Waals surface area contributed by atoms with Gasteiger partial charge in [0.15, 0.2) is 0 Å². The van der Waals surface area contributed by atoms with Crippen LogP contribution < -0.4 is 10.6 Å². The van der Waals surface area contributed by atoms with E-state index >= 15 is 0 Å². The minimum Gasteiger partial charge on any atom is -0.377 e. The van der Waals surface area contributed by atoms with Crippen molar-refractivity contribution in [1.29, 1.82) is 0 Å². The van der Waals surface area contributed by atoms with Crippen LogP contribution in [0, 0.1) is 13.8 Å². The second-order valence-corrected chi connectivity index (χ2v) is 6.38. The van der Waals surface area contributed by atoms with Crippen LogP contribution in [0.5, 0.6) is 0 Å². The smallest absolute Gasteiger partial charge is 0.0396 e. The van der Waals surface area contributed by atoms with Crippen molar-refractivity contribution in [2.75, 3.05) is 25.5 Å². The van der Waals surface area contributed by atoms with Gasteiger partial charge in [-0.3, -0.25) is 0 Å². The number of hydrogen-bond acceptors (Lipinski definition) is 2. The van der Waals surface area contributed by atoms with E-state index in [1.54, 1.807) is 0 Å². The van der Waals surface area contributed by atoms with Crippen LogP contribution in [0.15, 0.2) is 12.1 Å². The molecule has 1 fully saturated rings. The third-order valence-corrected chi connectivity index (χ3v) is 4.94. The van der Waals surface area contributed by atoms with E-state index in [0.717, 1.165) is 6.54 Å². The first kappa shape index (κ1) is 14.4. The fourth-order valence-corrected chi connectivity index (χ4v) is 3.45. The van der Waals surface area contributed by atoms with E-state index in [0.29, 0.717) is 0 Å². The number of anilines is 1. The Morgan fingerprint density at radius 2 is 1.74 bits per heavy atom. The van der Waals surface area contributed by atoms with Crippen LogP contribution in [0.1, 0.15) is 48.8 Å². The lowest BCUT2D eigenvalue weighted by Crippen LogP contribution is -2.37. The van der Waals surface area contributed by atoms with Gasteiger partial charge in [0.05, 0.1) is 0 Å². The van der Waals surface area contributed by atoms with Crippen molar-refractivity contribution in [2.45, 2.75) is 51.4 Å². The van der Waals surface area contributed by atoms with Crippen LogP contribution in [-0.2, 0) is 5.41 Å². The Bertz CT molecular complexity index is 443. The normalized spacial score (nSPS) is 18.4. The molecule has 0 aromatic heterocycles. The lowest BCUT2D eigenvalue weighted by molar-refractivity contribution is 0.300. The molecule has 1 aromatic rings. The van der Waals surface area contributed by atoms with Gasteiger partial charge in [-0.15, -0.1) is 0 Å². The first-order valence-corrected chi connectivity index (χ1v) is 7.49. The summed E-state index contributed by atoms with van der Waals surface area (Å²) in [6, 6.07) is 4.75. The van der Waals surface area contributed by atoms with Crippen molar-refractivity contribution >= 4 is 5.69 Å². The molecule has 1 saturated carbocycles.